The van der Waals surface area contributed by atoms with Crippen molar-refractivity contribution in [2.75, 3.05) is 26.2 Å². The van der Waals surface area contributed by atoms with Gasteiger partial charge >= 0.3 is 0 Å². The Morgan fingerprint density at radius 2 is 1.76 bits per heavy atom. The van der Waals surface area contributed by atoms with E-state index in [-0.39, 0.29) is 0 Å². The summed E-state index contributed by atoms with van der Waals surface area (Å²) in [5, 5.41) is 11.1. The minimum absolute atomic E-state index is 0.754. The fourth-order valence-electron chi connectivity index (χ4n) is 2.73. The molecule has 0 radical (unpaired) electrons. The van der Waals surface area contributed by atoms with Crippen LogP contribution in [0.1, 0.15) is 16.0 Å². The highest BCUT2D eigenvalue weighted by molar-refractivity contribution is 7.09. The molecular formula is C17H19N3S. The van der Waals surface area contributed by atoms with Crippen molar-refractivity contribution in [1.29, 1.82) is 5.26 Å². The van der Waals surface area contributed by atoms with Crippen LogP contribution in [0, 0.1) is 11.3 Å². The van der Waals surface area contributed by atoms with Gasteiger partial charge < -0.3 is 0 Å². The summed E-state index contributed by atoms with van der Waals surface area (Å²) in [6, 6.07) is 14.5. The van der Waals surface area contributed by atoms with Crippen molar-refractivity contribution in [2.45, 2.75) is 13.1 Å². The monoisotopic (exact) mass is 297 g/mol. The Bertz CT molecular complexity index is 607. The van der Waals surface area contributed by atoms with Gasteiger partial charge in [0.25, 0.3) is 0 Å². The molecule has 2 aromatic rings. The van der Waals surface area contributed by atoms with Crippen LogP contribution in [0.2, 0.25) is 0 Å². The van der Waals surface area contributed by atoms with Crippen LogP contribution in [0.5, 0.6) is 0 Å². The average molecular weight is 297 g/mol. The minimum Gasteiger partial charge on any atom is -0.297 e. The Kier molecular flexibility index (Phi) is 4.66. The van der Waals surface area contributed by atoms with E-state index in [2.05, 4.69) is 39.4 Å². The molecule has 0 bridgehead atoms. The largest absolute Gasteiger partial charge is 0.297 e. The lowest BCUT2D eigenvalue weighted by molar-refractivity contribution is 0.123. The van der Waals surface area contributed by atoms with Crippen molar-refractivity contribution >= 4 is 11.3 Å². The Balaban J connectivity index is 1.50. The van der Waals surface area contributed by atoms with Crippen LogP contribution in [-0.4, -0.2) is 36.0 Å². The van der Waals surface area contributed by atoms with Crippen LogP contribution in [-0.2, 0) is 13.1 Å². The first-order valence-electron chi connectivity index (χ1n) is 7.29. The lowest BCUT2D eigenvalue weighted by Gasteiger charge is -2.34. The fourth-order valence-corrected chi connectivity index (χ4v) is 3.47. The minimum atomic E-state index is 0.754. The summed E-state index contributed by atoms with van der Waals surface area (Å²) in [4.78, 5) is 6.44. The van der Waals surface area contributed by atoms with Gasteiger partial charge in [0.05, 0.1) is 11.6 Å². The summed E-state index contributed by atoms with van der Waals surface area (Å²) in [7, 11) is 0. The van der Waals surface area contributed by atoms with Gasteiger partial charge in [-0.25, -0.2) is 0 Å². The molecule has 1 aromatic heterocycles. The third kappa shape index (κ3) is 3.92. The Morgan fingerprint density at radius 1 is 1.00 bits per heavy atom. The lowest BCUT2D eigenvalue weighted by atomic mass is 10.1. The number of hydrogen-bond donors (Lipinski definition) is 0. The molecular weight excluding hydrogens is 278 g/mol. The third-order valence-corrected chi connectivity index (χ3v) is 4.75. The van der Waals surface area contributed by atoms with Gasteiger partial charge in [-0.3, -0.25) is 9.80 Å². The number of rotatable bonds is 4. The van der Waals surface area contributed by atoms with Crippen LogP contribution in [0.25, 0.3) is 0 Å². The van der Waals surface area contributed by atoms with Gasteiger partial charge in [0.1, 0.15) is 0 Å². The SMILES string of the molecule is N#Cc1cccc(CN2CCN(Cc3cccs3)CC2)c1. The standard InChI is InChI=1S/C17H19N3S/c18-12-15-3-1-4-16(11-15)13-19-6-8-20(9-7-19)14-17-5-2-10-21-17/h1-5,10-11H,6-9,13-14H2. The van der Waals surface area contributed by atoms with Gasteiger partial charge in [-0.05, 0) is 29.1 Å². The Morgan fingerprint density at radius 3 is 2.43 bits per heavy atom. The van der Waals surface area contributed by atoms with E-state index in [4.69, 9.17) is 5.26 Å². The zero-order valence-corrected chi connectivity index (χ0v) is 12.9. The van der Waals surface area contributed by atoms with Crippen molar-refractivity contribution < 1.29 is 0 Å². The van der Waals surface area contributed by atoms with Gasteiger partial charge in [0.15, 0.2) is 0 Å². The van der Waals surface area contributed by atoms with Gasteiger partial charge in [-0.1, -0.05) is 18.2 Å². The highest BCUT2D eigenvalue weighted by atomic mass is 32.1. The number of piperazine rings is 1. The van der Waals surface area contributed by atoms with Crippen LogP contribution >= 0.6 is 11.3 Å². The first-order valence-corrected chi connectivity index (χ1v) is 8.17. The summed E-state index contributed by atoms with van der Waals surface area (Å²) >= 11 is 1.84. The molecule has 21 heavy (non-hydrogen) atoms. The first-order chi connectivity index (χ1) is 10.3. The average Bonchev–Trinajstić information content (AvgIpc) is 3.02. The molecule has 0 aliphatic carbocycles. The molecule has 0 atom stereocenters. The fraction of sp³-hybridized carbons (Fsp3) is 0.353. The van der Waals surface area contributed by atoms with Crippen molar-refractivity contribution in [3.8, 4) is 6.07 Å². The molecule has 108 valence electrons. The van der Waals surface area contributed by atoms with E-state index in [1.807, 2.05) is 29.5 Å². The number of thiophene rings is 1. The lowest BCUT2D eigenvalue weighted by Crippen LogP contribution is -2.45. The van der Waals surface area contributed by atoms with Crippen molar-refractivity contribution in [2.24, 2.45) is 0 Å². The van der Waals surface area contributed by atoms with E-state index in [1.54, 1.807) is 0 Å². The maximum atomic E-state index is 8.96. The van der Waals surface area contributed by atoms with E-state index in [0.717, 1.165) is 44.8 Å². The quantitative estimate of drug-likeness (QED) is 0.869. The Hall–Kier alpha value is -1.67. The highest BCUT2D eigenvalue weighted by Gasteiger charge is 2.17. The maximum Gasteiger partial charge on any atom is 0.0991 e. The van der Waals surface area contributed by atoms with E-state index < -0.39 is 0 Å². The molecule has 1 saturated heterocycles. The summed E-state index contributed by atoms with van der Waals surface area (Å²) in [5.41, 5.74) is 1.99. The molecule has 0 N–H and O–H groups in total. The molecule has 1 aliphatic heterocycles. The molecule has 1 fully saturated rings. The predicted molar refractivity (Wildman–Crippen MR) is 86.0 cm³/mol. The molecule has 0 spiro atoms. The molecule has 0 saturated carbocycles. The molecule has 1 aliphatic rings. The molecule has 0 unspecified atom stereocenters. The number of nitrogens with zero attached hydrogens (tertiary/aromatic N) is 3. The van der Waals surface area contributed by atoms with Crippen LogP contribution in [0.3, 0.4) is 0 Å². The smallest absolute Gasteiger partial charge is 0.0991 e. The molecule has 0 amide bonds. The third-order valence-electron chi connectivity index (χ3n) is 3.89. The first kappa shape index (κ1) is 14.3. The van der Waals surface area contributed by atoms with Crippen LogP contribution in [0.15, 0.2) is 41.8 Å². The van der Waals surface area contributed by atoms with Crippen LogP contribution < -0.4 is 0 Å². The second kappa shape index (κ2) is 6.86. The van der Waals surface area contributed by atoms with Gasteiger partial charge in [-0.2, -0.15) is 5.26 Å². The van der Waals surface area contributed by atoms with E-state index in [9.17, 15) is 0 Å². The number of nitriles is 1. The summed E-state index contributed by atoms with van der Waals surface area (Å²) in [6.07, 6.45) is 0. The second-order valence-corrected chi connectivity index (χ2v) is 6.48. The normalized spacial score (nSPS) is 16.7. The zero-order valence-electron chi connectivity index (χ0n) is 12.0. The topological polar surface area (TPSA) is 30.3 Å². The van der Waals surface area contributed by atoms with Gasteiger partial charge in [-0.15, -0.1) is 11.3 Å². The molecule has 4 heteroatoms. The van der Waals surface area contributed by atoms with E-state index in [1.165, 1.54) is 10.4 Å². The second-order valence-electron chi connectivity index (χ2n) is 5.44. The highest BCUT2D eigenvalue weighted by Crippen LogP contribution is 2.15. The van der Waals surface area contributed by atoms with Crippen LogP contribution in [0.4, 0.5) is 0 Å². The van der Waals surface area contributed by atoms with Gasteiger partial charge in [0, 0.05) is 44.1 Å². The number of benzene rings is 1. The molecule has 1 aromatic carbocycles. The summed E-state index contributed by atoms with van der Waals surface area (Å²) in [5.74, 6) is 0. The van der Waals surface area contributed by atoms with Crippen molar-refractivity contribution in [1.82, 2.24) is 9.80 Å². The Labute approximate surface area is 130 Å². The van der Waals surface area contributed by atoms with E-state index >= 15 is 0 Å². The molecule has 3 nitrogen and oxygen atoms in total. The van der Waals surface area contributed by atoms with Crippen molar-refractivity contribution in [3.63, 3.8) is 0 Å². The number of hydrogen-bond acceptors (Lipinski definition) is 4. The van der Waals surface area contributed by atoms with Crippen molar-refractivity contribution in [3.05, 3.63) is 57.8 Å². The maximum absolute atomic E-state index is 8.96. The molecule has 3 rings (SSSR count). The predicted octanol–water partition coefficient (Wildman–Crippen LogP) is 2.94. The molecule has 2 heterocycles. The zero-order chi connectivity index (χ0) is 14.5. The van der Waals surface area contributed by atoms with E-state index in [0.29, 0.717) is 0 Å². The summed E-state index contributed by atoms with van der Waals surface area (Å²) in [6.45, 7) is 6.47. The summed E-state index contributed by atoms with van der Waals surface area (Å²) < 4.78 is 0. The van der Waals surface area contributed by atoms with Gasteiger partial charge in [0.2, 0.25) is 0 Å².